The number of benzene rings is 1. The molecule has 1 fully saturated rings. The highest BCUT2D eigenvalue weighted by Crippen LogP contribution is 2.55. The Morgan fingerprint density at radius 1 is 0.950 bits per heavy atom. The number of ether oxygens (including phenoxy) is 1. The molecule has 0 saturated carbocycles. The summed E-state index contributed by atoms with van der Waals surface area (Å²) in [6, 6.07) is 0. The molecule has 20 heavy (non-hydrogen) atoms. The Kier molecular flexibility index (Phi) is 3.27. The van der Waals surface area contributed by atoms with Crippen molar-refractivity contribution in [1.82, 2.24) is 0 Å². The average molecular weight is 354 g/mol. The minimum absolute atomic E-state index is 0.217. The third-order valence-electron chi connectivity index (χ3n) is 4.18. The zero-order valence-corrected chi connectivity index (χ0v) is 14.0. The molecule has 0 amide bonds. The van der Waals surface area contributed by atoms with E-state index in [-0.39, 0.29) is 22.4 Å². The Morgan fingerprint density at radius 2 is 1.55 bits per heavy atom. The second-order valence-corrected chi connectivity index (χ2v) is 7.64. The first-order chi connectivity index (χ1) is 9.17. The molecule has 0 N–H and O–H groups in total. The average Bonchev–Trinajstić information content (AvgIpc) is 2.30. The monoisotopic (exact) mass is 352 g/mol. The second kappa shape index (κ2) is 4.42. The van der Waals surface area contributed by atoms with Gasteiger partial charge in [0.15, 0.2) is 0 Å². The minimum Gasteiger partial charge on any atom is -0.459 e. The van der Waals surface area contributed by atoms with Gasteiger partial charge >= 0.3 is 5.97 Å². The molecule has 3 rings (SSSR count). The van der Waals surface area contributed by atoms with Gasteiger partial charge < -0.3 is 4.74 Å². The lowest BCUT2D eigenvalue weighted by Crippen LogP contribution is -2.51. The van der Waals surface area contributed by atoms with Crippen LogP contribution < -0.4 is 0 Å². The summed E-state index contributed by atoms with van der Waals surface area (Å²) in [5, 5.41) is 1.32. The summed E-state index contributed by atoms with van der Waals surface area (Å²) in [5.41, 5.74) is 0.691. The van der Waals surface area contributed by atoms with Gasteiger partial charge in [0.25, 0.3) is 0 Å². The molecule has 1 aromatic rings. The van der Waals surface area contributed by atoms with Crippen molar-refractivity contribution in [2.45, 2.75) is 44.1 Å². The lowest BCUT2D eigenvalue weighted by atomic mass is 9.62. The van der Waals surface area contributed by atoms with Crippen LogP contribution in [0.15, 0.2) is 0 Å². The lowest BCUT2D eigenvalue weighted by Gasteiger charge is -2.49. The maximum atomic E-state index is 11.9. The van der Waals surface area contributed by atoms with Gasteiger partial charge in [-0.05, 0) is 24.5 Å². The summed E-state index contributed by atoms with van der Waals surface area (Å²) in [7, 11) is 0. The number of rotatable bonds is 0. The maximum absolute atomic E-state index is 11.9. The lowest BCUT2D eigenvalue weighted by molar-refractivity contribution is -0.172. The topological polar surface area (TPSA) is 26.3 Å². The molecule has 2 nitrogen and oxygen atoms in total. The van der Waals surface area contributed by atoms with E-state index in [2.05, 4.69) is 0 Å². The Hall–Kier alpha value is -0.150. The van der Waals surface area contributed by atoms with E-state index in [1.54, 1.807) is 0 Å². The number of fused-ring (bicyclic) bond motifs is 4. The maximum Gasteiger partial charge on any atom is 0.307 e. The summed E-state index contributed by atoms with van der Waals surface area (Å²) in [6.45, 7) is 3.91. The van der Waals surface area contributed by atoms with Crippen molar-refractivity contribution < 1.29 is 9.53 Å². The molecule has 0 radical (unpaired) electrons. The Bertz CT molecular complexity index is 643. The predicted octanol–water partition coefficient (Wildman–Crippen LogP) is 5.21. The van der Waals surface area contributed by atoms with Crippen LogP contribution in [0.4, 0.5) is 0 Å². The van der Waals surface area contributed by atoms with Crippen LogP contribution >= 0.6 is 46.4 Å². The van der Waals surface area contributed by atoms with E-state index in [9.17, 15) is 4.79 Å². The Morgan fingerprint density at radius 3 is 2.20 bits per heavy atom. The van der Waals surface area contributed by atoms with Crippen molar-refractivity contribution >= 4 is 52.4 Å². The normalized spacial score (nSPS) is 31.8. The van der Waals surface area contributed by atoms with Crippen molar-refractivity contribution in [3.05, 3.63) is 31.2 Å². The fourth-order valence-corrected chi connectivity index (χ4v) is 4.86. The van der Waals surface area contributed by atoms with Gasteiger partial charge in [0.2, 0.25) is 0 Å². The molecule has 2 bridgehead atoms. The molecule has 108 valence electrons. The minimum atomic E-state index is -0.568. The molecule has 1 aromatic carbocycles. The summed E-state index contributed by atoms with van der Waals surface area (Å²) in [6.07, 6.45) is 1.47. The van der Waals surface area contributed by atoms with Gasteiger partial charge in [-0.2, -0.15) is 0 Å². The van der Waals surface area contributed by atoms with Crippen LogP contribution in [0.3, 0.4) is 0 Å². The summed E-state index contributed by atoms with van der Waals surface area (Å²) in [4.78, 5) is 11.9. The number of esters is 1. The zero-order chi connectivity index (χ0) is 14.9. The molecule has 2 atom stereocenters. The number of halogens is 4. The van der Waals surface area contributed by atoms with E-state index < -0.39 is 11.0 Å². The summed E-state index contributed by atoms with van der Waals surface area (Å²) in [5.74, 6) is -0.217. The number of carbonyl (C=O) groups excluding carboxylic acids is 1. The van der Waals surface area contributed by atoms with Crippen molar-refractivity contribution in [2.24, 2.45) is 0 Å². The molecular weight excluding hydrogens is 342 g/mol. The summed E-state index contributed by atoms with van der Waals surface area (Å²) >= 11 is 25.0. The number of hydrogen-bond donors (Lipinski definition) is 0. The van der Waals surface area contributed by atoms with E-state index >= 15 is 0 Å². The van der Waals surface area contributed by atoms with E-state index in [1.165, 1.54) is 0 Å². The molecule has 1 saturated heterocycles. The first-order valence-corrected chi connectivity index (χ1v) is 7.75. The summed E-state index contributed by atoms with van der Waals surface area (Å²) < 4.78 is 5.51. The van der Waals surface area contributed by atoms with Crippen LogP contribution in [-0.4, -0.2) is 11.6 Å². The van der Waals surface area contributed by atoms with E-state index in [1.807, 2.05) is 13.8 Å². The molecule has 0 spiro atoms. The van der Waals surface area contributed by atoms with Crippen LogP contribution in [0.25, 0.3) is 0 Å². The van der Waals surface area contributed by atoms with Crippen LogP contribution in [0, 0.1) is 0 Å². The molecule has 6 heteroatoms. The molecular formula is C14H12Cl4O2. The van der Waals surface area contributed by atoms with Crippen molar-refractivity contribution in [1.29, 1.82) is 0 Å². The van der Waals surface area contributed by atoms with Gasteiger partial charge in [-0.1, -0.05) is 53.3 Å². The predicted molar refractivity (Wildman–Crippen MR) is 81.3 cm³/mol. The van der Waals surface area contributed by atoms with Gasteiger partial charge in [-0.25, -0.2) is 0 Å². The third-order valence-corrected chi connectivity index (χ3v) is 6.02. The molecule has 2 aliphatic rings. The van der Waals surface area contributed by atoms with Gasteiger partial charge in [0.1, 0.15) is 5.60 Å². The Balaban J connectivity index is 2.34. The Labute approximate surface area is 137 Å². The van der Waals surface area contributed by atoms with Gasteiger partial charge in [-0.3, -0.25) is 4.79 Å². The number of hydrogen-bond acceptors (Lipinski definition) is 2. The first-order valence-electron chi connectivity index (χ1n) is 6.24. The highest BCUT2D eigenvalue weighted by Gasteiger charge is 2.52. The first kappa shape index (κ1) is 14.8. The highest BCUT2D eigenvalue weighted by molar-refractivity contribution is 6.52. The van der Waals surface area contributed by atoms with Crippen LogP contribution in [0.5, 0.6) is 0 Å². The fourth-order valence-electron chi connectivity index (χ4n) is 3.68. The smallest absolute Gasteiger partial charge is 0.307 e. The van der Waals surface area contributed by atoms with Gasteiger partial charge in [0, 0.05) is 11.8 Å². The van der Waals surface area contributed by atoms with Gasteiger partial charge in [-0.15, -0.1) is 0 Å². The van der Waals surface area contributed by atoms with E-state index in [4.69, 9.17) is 51.1 Å². The van der Waals surface area contributed by atoms with Crippen molar-refractivity contribution in [3.8, 4) is 0 Å². The van der Waals surface area contributed by atoms with Crippen molar-refractivity contribution in [3.63, 3.8) is 0 Å². The zero-order valence-electron chi connectivity index (χ0n) is 10.9. The highest BCUT2D eigenvalue weighted by atomic mass is 35.5. The third kappa shape index (κ3) is 1.96. The van der Waals surface area contributed by atoms with Gasteiger partial charge in [0.05, 0.1) is 26.5 Å². The second-order valence-electron chi connectivity index (χ2n) is 6.12. The van der Waals surface area contributed by atoms with Crippen LogP contribution in [-0.2, 0) is 21.4 Å². The standard InChI is InChI=1S/C14H12Cl4O2/c1-13-4-7(19)20-14(2,5-13)3-6-8(13)10(16)12(18)11(17)9(6)15/h3-5H2,1-2H3/t13-,14-/m0/s1. The fraction of sp³-hybridized carbons (Fsp3) is 0.500. The quantitative estimate of drug-likeness (QED) is 0.363. The molecule has 1 aliphatic heterocycles. The largest absolute Gasteiger partial charge is 0.459 e. The van der Waals surface area contributed by atoms with Crippen LogP contribution in [0.1, 0.15) is 37.8 Å². The van der Waals surface area contributed by atoms with Crippen LogP contribution in [0.2, 0.25) is 20.1 Å². The molecule has 1 aliphatic carbocycles. The molecule has 0 unspecified atom stereocenters. The molecule has 1 heterocycles. The van der Waals surface area contributed by atoms with E-state index in [0.717, 1.165) is 11.1 Å². The SMILES string of the molecule is C[C@@]12Cc3c(Cl)c(Cl)c(Cl)c(Cl)c3[C@@](C)(CC(=O)O1)C2. The number of carbonyl (C=O) groups is 1. The molecule has 0 aromatic heterocycles. The van der Waals surface area contributed by atoms with E-state index in [0.29, 0.717) is 22.9 Å². The van der Waals surface area contributed by atoms with Crippen molar-refractivity contribution in [2.75, 3.05) is 0 Å².